The highest BCUT2D eigenvalue weighted by Gasteiger charge is 2.24. The number of amides is 2. The van der Waals surface area contributed by atoms with Crippen LogP contribution in [0.3, 0.4) is 0 Å². The van der Waals surface area contributed by atoms with Crippen molar-refractivity contribution in [1.82, 2.24) is 5.32 Å². The molecule has 0 aliphatic carbocycles. The highest BCUT2D eigenvalue weighted by atomic mass is 16.4. The van der Waals surface area contributed by atoms with E-state index in [-0.39, 0.29) is 24.7 Å². The van der Waals surface area contributed by atoms with E-state index in [0.29, 0.717) is 24.1 Å². The molecule has 0 saturated carbocycles. The fourth-order valence-electron chi connectivity index (χ4n) is 3.60. The van der Waals surface area contributed by atoms with Crippen molar-refractivity contribution >= 4 is 23.5 Å². The summed E-state index contributed by atoms with van der Waals surface area (Å²) in [5, 5.41) is 12.3. The van der Waals surface area contributed by atoms with Gasteiger partial charge in [-0.1, -0.05) is 69.2 Å². The van der Waals surface area contributed by atoms with Gasteiger partial charge in [-0.05, 0) is 35.6 Å². The zero-order valence-corrected chi connectivity index (χ0v) is 19.3. The first kappa shape index (κ1) is 25.1. The maximum absolute atomic E-state index is 12.8. The highest BCUT2D eigenvalue weighted by Crippen LogP contribution is 2.29. The standard InChI is InChI=1S/C26H34N2O4/c1-4-6-8-14-25(30)28(3)23-18-20(19-12-9-7-10-13-19)15-16-21(23)17-22(26(31)32)27-24(29)11-5-2/h7,9-10,12-13,15-16,18,22H,4-6,8,11,14,17H2,1-3H3,(H,27,29)(H,31,32). The van der Waals surface area contributed by atoms with Gasteiger partial charge in [0.05, 0.1) is 0 Å². The molecule has 2 amide bonds. The lowest BCUT2D eigenvalue weighted by molar-refractivity contribution is -0.141. The number of nitrogens with zero attached hydrogens (tertiary/aromatic N) is 1. The quantitative estimate of drug-likeness (QED) is 0.466. The van der Waals surface area contributed by atoms with Crippen LogP contribution in [0.4, 0.5) is 5.69 Å². The topological polar surface area (TPSA) is 86.7 Å². The molecule has 2 aromatic carbocycles. The van der Waals surface area contributed by atoms with E-state index in [9.17, 15) is 19.5 Å². The zero-order valence-electron chi connectivity index (χ0n) is 19.3. The molecule has 0 radical (unpaired) electrons. The Morgan fingerprint density at radius 2 is 1.66 bits per heavy atom. The molecule has 0 aromatic heterocycles. The molecule has 6 nitrogen and oxygen atoms in total. The van der Waals surface area contributed by atoms with Crippen LogP contribution in [0.1, 0.15) is 57.9 Å². The Bertz CT molecular complexity index is 911. The predicted octanol–water partition coefficient (Wildman–Crippen LogP) is 4.81. The van der Waals surface area contributed by atoms with E-state index in [1.54, 1.807) is 11.9 Å². The van der Waals surface area contributed by atoms with E-state index < -0.39 is 12.0 Å². The molecule has 0 spiro atoms. The lowest BCUT2D eigenvalue weighted by Crippen LogP contribution is -2.42. The average molecular weight is 439 g/mol. The number of hydrogen-bond acceptors (Lipinski definition) is 3. The fraction of sp³-hybridized carbons (Fsp3) is 0.423. The summed E-state index contributed by atoms with van der Waals surface area (Å²) in [6.07, 6.45) is 4.29. The minimum absolute atomic E-state index is 0.00759. The lowest BCUT2D eigenvalue weighted by Gasteiger charge is -2.24. The largest absolute Gasteiger partial charge is 0.480 e. The number of carboxylic acids is 1. The third-order valence-electron chi connectivity index (χ3n) is 5.46. The molecule has 2 aromatic rings. The first-order valence-electron chi connectivity index (χ1n) is 11.3. The number of rotatable bonds is 12. The van der Waals surface area contributed by atoms with E-state index in [1.807, 2.05) is 55.5 Å². The minimum Gasteiger partial charge on any atom is -0.480 e. The molecule has 0 fully saturated rings. The van der Waals surface area contributed by atoms with Crippen molar-refractivity contribution in [1.29, 1.82) is 0 Å². The predicted molar refractivity (Wildman–Crippen MR) is 128 cm³/mol. The number of unbranched alkanes of at least 4 members (excludes halogenated alkanes) is 2. The van der Waals surface area contributed by atoms with Crippen LogP contribution in [0, 0.1) is 0 Å². The molecule has 0 saturated heterocycles. The minimum atomic E-state index is -1.09. The van der Waals surface area contributed by atoms with Gasteiger partial charge < -0.3 is 15.3 Å². The smallest absolute Gasteiger partial charge is 0.326 e. The maximum atomic E-state index is 12.8. The SMILES string of the molecule is CCCCCC(=O)N(C)c1cc(-c2ccccc2)ccc1CC(NC(=O)CCC)C(=O)O. The number of nitrogens with one attached hydrogen (secondary N) is 1. The molecule has 1 atom stereocenters. The molecule has 6 heteroatoms. The van der Waals surface area contributed by atoms with Crippen LogP contribution >= 0.6 is 0 Å². The summed E-state index contributed by atoms with van der Waals surface area (Å²) in [6, 6.07) is 14.5. The zero-order chi connectivity index (χ0) is 23.5. The van der Waals surface area contributed by atoms with E-state index in [2.05, 4.69) is 12.2 Å². The average Bonchev–Trinajstić information content (AvgIpc) is 2.79. The fourth-order valence-corrected chi connectivity index (χ4v) is 3.60. The molecule has 0 aliphatic rings. The van der Waals surface area contributed by atoms with E-state index >= 15 is 0 Å². The van der Waals surface area contributed by atoms with Crippen LogP contribution in [0.2, 0.25) is 0 Å². The summed E-state index contributed by atoms with van der Waals surface area (Å²) in [6.45, 7) is 3.96. The van der Waals surface area contributed by atoms with Crippen LogP contribution < -0.4 is 10.2 Å². The molecule has 172 valence electrons. The Morgan fingerprint density at radius 1 is 0.938 bits per heavy atom. The molecule has 1 unspecified atom stereocenters. The van der Waals surface area contributed by atoms with Gasteiger partial charge >= 0.3 is 5.97 Å². The molecular weight excluding hydrogens is 404 g/mol. The van der Waals surface area contributed by atoms with Crippen molar-refractivity contribution in [2.75, 3.05) is 11.9 Å². The number of anilines is 1. The van der Waals surface area contributed by atoms with Gasteiger partial charge in [0.25, 0.3) is 0 Å². The van der Waals surface area contributed by atoms with Crippen molar-refractivity contribution in [2.45, 2.75) is 64.8 Å². The van der Waals surface area contributed by atoms with Crippen LogP contribution in [-0.4, -0.2) is 36.0 Å². The number of benzene rings is 2. The number of hydrogen-bond donors (Lipinski definition) is 2. The first-order valence-corrected chi connectivity index (χ1v) is 11.3. The van der Waals surface area contributed by atoms with Gasteiger partial charge in [-0.25, -0.2) is 4.79 Å². The normalized spacial score (nSPS) is 11.6. The second-order valence-corrected chi connectivity index (χ2v) is 8.03. The van der Waals surface area contributed by atoms with Crippen LogP contribution in [0.5, 0.6) is 0 Å². The van der Waals surface area contributed by atoms with Gasteiger partial charge in [-0.3, -0.25) is 9.59 Å². The maximum Gasteiger partial charge on any atom is 0.326 e. The first-order chi connectivity index (χ1) is 15.4. The van der Waals surface area contributed by atoms with Crippen molar-refractivity contribution in [2.24, 2.45) is 0 Å². The number of aliphatic carboxylic acids is 1. The molecule has 0 heterocycles. The molecule has 0 bridgehead atoms. The van der Waals surface area contributed by atoms with Crippen LogP contribution in [0.25, 0.3) is 11.1 Å². The summed E-state index contributed by atoms with van der Waals surface area (Å²) in [7, 11) is 1.73. The molecule has 32 heavy (non-hydrogen) atoms. The molecular formula is C26H34N2O4. The molecule has 2 rings (SSSR count). The summed E-state index contributed by atoms with van der Waals surface area (Å²) < 4.78 is 0. The summed E-state index contributed by atoms with van der Waals surface area (Å²) in [5.41, 5.74) is 3.33. The Balaban J connectivity index is 2.38. The molecule has 0 aliphatic heterocycles. The van der Waals surface area contributed by atoms with Crippen molar-refractivity contribution < 1.29 is 19.5 Å². The van der Waals surface area contributed by atoms with E-state index in [0.717, 1.165) is 30.4 Å². The monoisotopic (exact) mass is 438 g/mol. The highest BCUT2D eigenvalue weighted by molar-refractivity contribution is 5.94. The summed E-state index contributed by atoms with van der Waals surface area (Å²) in [4.78, 5) is 38.3. The Hall–Kier alpha value is -3.15. The van der Waals surface area contributed by atoms with Gasteiger partial charge in [-0.2, -0.15) is 0 Å². The van der Waals surface area contributed by atoms with Gasteiger partial charge in [0.1, 0.15) is 6.04 Å². The third-order valence-corrected chi connectivity index (χ3v) is 5.46. The second-order valence-electron chi connectivity index (χ2n) is 8.03. The van der Waals surface area contributed by atoms with Crippen molar-refractivity contribution in [3.05, 3.63) is 54.1 Å². The Morgan fingerprint density at radius 3 is 2.28 bits per heavy atom. The summed E-state index contributed by atoms with van der Waals surface area (Å²) in [5.74, 6) is -1.39. The summed E-state index contributed by atoms with van der Waals surface area (Å²) >= 11 is 0. The van der Waals surface area contributed by atoms with Crippen molar-refractivity contribution in [3.8, 4) is 11.1 Å². The van der Waals surface area contributed by atoms with Crippen LogP contribution in [-0.2, 0) is 20.8 Å². The van der Waals surface area contributed by atoms with Crippen molar-refractivity contribution in [3.63, 3.8) is 0 Å². The van der Waals surface area contributed by atoms with Crippen LogP contribution in [0.15, 0.2) is 48.5 Å². The van der Waals surface area contributed by atoms with Gasteiger partial charge in [0.2, 0.25) is 11.8 Å². The van der Waals surface area contributed by atoms with Gasteiger partial charge in [0.15, 0.2) is 0 Å². The second kappa shape index (κ2) is 12.6. The number of carboxylic acid groups (broad SMARTS) is 1. The van der Waals surface area contributed by atoms with Gasteiger partial charge in [-0.15, -0.1) is 0 Å². The van der Waals surface area contributed by atoms with Gasteiger partial charge in [0, 0.05) is 32.0 Å². The van der Waals surface area contributed by atoms with E-state index in [4.69, 9.17) is 0 Å². The van der Waals surface area contributed by atoms with E-state index in [1.165, 1.54) is 0 Å². The number of carbonyl (C=O) groups is 3. The third kappa shape index (κ3) is 7.22. The Labute approximate surface area is 190 Å². The number of carbonyl (C=O) groups excluding carboxylic acids is 2. The molecule has 2 N–H and O–H groups in total. The Kier molecular flexibility index (Phi) is 9.92. The lowest BCUT2D eigenvalue weighted by atomic mass is 9.97.